The van der Waals surface area contributed by atoms with Gasteiger partial charge in [0.15, 0.2) is 0 Å². The number of carbonyl (C=O) groups is 1. The maximum absolute atomic E-state index is 11.6. The summed E-state index contributed by atoms with van der Waals surface area (Å²) in [5.74, 6) is 0.817. The molecule has 0 atom stereocenters. The van der Waals surface area contributed by atoms with E-state index in [0.29, 0.717) is 38.0 Å². The van der Waals surface area contributed by atoms with Crippen LogP contribution in [0.5, 0.6) is 6.01 Å². The highest BCUT2D eigenvalue weighted by atomic mass is 16.5. The molecule has 0 saturated carbocycles. The van der Waals surface area contributed by atoms with E-state index in [0.717, 1.165) is 6.42 Å². The maximum Gasteiger partial charge on any atom is 0.323 e. The molecule has 1 heterocycles. The lowest BCUT2D eigenvalue weighted by Gasteiger charge is -2.09. The Morgan fingerprint density at radius 1 is 1.33 bits per heavy atom. The fraction of sp³-hybridized carbons (Fsp3) is 0.692. The van der Waals surface area contributed by atoms with Crippen molar-refractivity contribution in [1.82, 2.24) is 20.3 Å². The minimum absolute atomic E-state index is 0.0133. The molecule has 0 bridgehead atoms. The summed E-state index contributed by atoms with van der Waals surface area (Å²) in [7, 11) is 0. The van der Waals surface area contributed by atoms with Crippen LogP contribution in [-0.2, 0) is 4.79 Å². The van der Waals surface area contributed by atoms with E-state index in [1.54, 1.807) is 0 Å². The number of ether oxygens (including phenoxy) is 1. The van der Waals surface area contributed by atoms with Crippen molar-refractivity contribution in [3.05, 3.63) is 0 Å². The van der Waals surface area contributed by atoms with Crippen molar-refractivity contribution in [2.45, 2.75) is 33.6 Å². The monoisotopic (exact) mass is 296 g/mol. The average Bonchev–Trinajstić information content (AvgIpc) is 2.42. The Morgan fingerprint density at radius 3 is 2.76 bits per heavy atom. The highest BCUT2D eigenvalue weighted by molar-refractivity contribution is 5.76. The van der Waals surface area contributed by atoms with E-state index in [4.69, 9.17) is 10.5 Å². The molecular weight excluding hydrogens is 272 g/mol. The molecular formula is C13H24N6O2. The second kappa shape index (κ2) is 8.93. The van der Waals surface area contributed by atoms with Gasteiger partial charge in [-0.25, -0.2) is 0 Å². The van der Waals surface area contributed by atoms with Gasteiger partial charge in [-0.3, -0.25) is 4.79 Å². The number of anilines is 2. The van der Waals surface area contributed by atoms with Crippen molar-refractivity contribution in [2.75, 3.05) is 30.7 Å². The van der Waals surface area contributed by atoms with Crippen molar-refractivity contribution in [3.8, 4) is 6.01 Å². The lowest BCUT2D eigenvalue weighted by molar-refractivity contribution is -0.120. The number of rotatable bonds is 9. The minimum Gasteiger partial charge on any atom is -0.463 e. The van der Waals surface area contributed by atoms with E-state index in [9.17, 15) is 4.79 Å². The molecule has 0 aromatic carbocycles. The number of nitrogen functional groups attached to an aromatic ring is 1. The Balaban J connectivity index is 2.40. The zero-order valence-electron chi connectivity index (χ0n) is 12.8. The molecule has 0 aliphatic heterocycles. The molecule has 1 rings (SSSR count). The molecule has 1 aromatic heterocycles. The fourth-order valence-electron chi connectivity index (χ4n) is 1.40. The predicted octanol–water partition coefficient (Wildman–Crippen LogP) is 0.817. The Hall–Kier alpha value is -2.12. The van der Waals surface area contributed by atoms with Crippen LogP contribution in [0.1, 0.15) is 33.6 Å². The van der Waals surface area contributed by atoms with Crippen LogP contribution >= 0.6 is 0 Å². The largest absolute Gasteiger partial charge is 0.463 e. The second-order valence-corrected chi connectivity index (χ2v) is 5.02. The summed E-state index contributed by atoms with van der Waals surface area (Å²) in [4.78, 5) is 23.5. The van der Waals surface area contributed by atoms with Crippen molar-refractivity contribution in [1.29, 1.82) is 0 Å². The molecule has 1 aromatic rings. The molecule has 4 N–H and O–H groups in total. The summed E-state index contributed by atoms with van der Waals surface area (Å²) in [5.41, 5.74) is 5.58. The molecule has 0 radical (unpaired) electrons. The first-order valence-corrected chi connectivity index (χ1v) is 7.16. The van der Waals surface area contributed by atoms with Gasteiger partial charge in [0.25, 0.3) is 0 Å². The molecule has 21 heavy (non-hydrogen) atoms. The summed E-state index contributed by atoms with van der Waals surface area (Å²) in [5, 5.41) is 5.78. The van der Waals surface area contributed by atoms with E-state index in [2.05, 4.69) is 25.6 Å². The van der Waals surface area contributed by atoms with Gasteiger partial charge in [-0.15, -0.1) is 0 Å². The molecule has 0 fully saturated rings. The van der Waals surface area contributed by atoms with E-state index < -0.39 is 0 Å². The predicted molar refractivity (Wildman–Crippen MR) is 81.0 cm³/mol. The second-order valence-electron chi connectivity index (χ2n) is 5.02. The Labute approximate surface area is 124 Å². The Kier molecular flexibility index (Phi) is 7.20. The molecule has 0 saturated heterocycles. The van der Waals surface area contributed by atoms with Crippen molar-refractivity contribution >= 4 is 17.8 Å². The first-order chi connectivity index (χ1) is 10.0. The van der Waals surface area contributed by atoms with Gasteiger partial charge >= 0.3 is 6.01 Å². The average molecular weight is 296 g/mol. The summed E-state index contributed by atoms with van der Waals surface area (Å²) < 4.78 is 5.31. The van der Waals surface area contributed by atoms with E-state index in [-0.39, 0.29) is 17.9 Å². The summed E-state index contributed by atoms with van der Waals surface area (Å²) in [6.07, 6.45) is 1.19. The quantitative estimate of drug-likeness (QED) is 0.617. The number of nitrogens with one attached hydrogen (secondary N) is 2. The number of amides is 1. The molecule has 0 aliphatic carbocycles. The van der Waals surface area contributed by atoms with Crippen LogP contribution in [0.15, 0.2) is 0 Å². The van der Waals surface area contributed by atoms with Gasteiger partial charge in [0, 0.05) is 19.5 Å². The highest BCUT2D eigenvalue weighted by Crippen LogP contribution is 2.09. The smallest absolute Gasteiger partial charge is 0.323 e. The zero-order valence-corrected chi connectivity index (χ0v) is 12.8. The van der Waals surface area contributed by atoms with Crippen LogP contribution in [0.3, 0.4) is 0 Å². The van der Waals surface area contributed by atoms with Crippen LogP contribution in [0, 0.1) is 5.92 Å². The van der Waals surface area contributed by atoms with Gasteiger partial charge in [0.05, 0.1) is 6.61 Å². The maximum atomic E-state index is 11.6. The fourth-order valence-corrected chi connectivity index (χ4v) is 1.40. The van der Waals surface area contributed by atoms with Crippen molar-refractivity contribution in [3.63, 3.8) is 0 Å². The topological polar surface area (TPSA) is 115 Å². The van der Waals surface area contributed by atoms with Gasteiger partial charge in [-0.2, -0.15) is 15.0 Å². The SMILES string of the molecule is CCCOc1nc(N)nc(NCCC(=O)NCC(C)C)n1. The van der Waals surface area contributed by atoms with E-state index in [1.165, 1.54) is 0 Å². The van der Waals surface area contributed by atoms with Crippen LogP contribution in [0.2, 0.25) is 0 Å². The third kappa shape index (κ3) is 7.28. The van der Waals surface area contributed by atoms with Gasteiger partial charge in [0.1, 0.15) is 0 Å². The highest BCUT2D eigenvalue weighted by Gasteiger charge is 2.06. The Bertz CT molecular complexity index is 452. The first-order valence-electron chi connectivity index (χ1n) is 7.16. The molecule has 8 nitrogen and oxygen atoms in total. The van der Waals surface area contributed by atoms with Gasteiger partial charge in [0.2, 0.25) is 17.8 Å². The van der Waals surface area contributed by atoms with Crippen molar-refractivity contribution in [2.24, 2.45) is 5.92 Å². The normalized spacial score (nSPS) is 10.5. The third-order valence-electron chi connectivity index (χ3n) is 2.41. The molecule has 0 spiro atoms. The van der Waals surface area contributed by atoms with E-state index in [1.807, 2.05) is 20.8 Å². The minimum atomic E-state index is -0.0133. The standard InChI is InChI=1S/C13H24N6O2/c1-4-7-21-13-18-11(14)17-12(19-13)15-6-5-10(20)16-8-9(2)3/h9H,4-8H2,1-3H3,(H,16,20)(H3,14,15,17,18,19). The molecule has 8 heteroatoms. The number of aromatic nitrogens is 3. The number of nitrogens with two attached hydrogens (primary N) is 1. The van der Waals surface area contributed by atoms with Gasteiger partial charge in [-0.05, 0) is 12.3 Å². The van der Waals surface area contributed by atoms with Crippen LogP contribution in [0.25, 0.3) is 0 Å². The Morgan fingerprint density at radius 2 is 2.10 bits per heavy atom. The molecule has 1 amide bonds. The van der Waals surface area contributed by atoms with Gasteiger partial charge < -0.3 is 21.1 Å². The number of hydrogen-bond donors (Lipinski definition) is 3. The number of carbonyl (C=O) groups excluding carboxylic acids is 1. The summed E-state index contributed by atoms with van der Waals surface area (Å²) in [6.45, 7) is 7.68. The lowest BCUT2D eigenvalue weighted by Crippen LogP contribution is -2.28. The molecule has 0 unspecified atom stereocenters. The molecule has 0 aliphatic rings. The first kappa shape index (κ1) is 16.9. The number of nitrogens with zero attached hydrogens (tertiary/aromatic N) is 3. The van der Waals surface area contributed by atoms with E-state index >= 15 is 0 Å². The van der Waals surface area contributed by atoms with Gasteiger partial charge in [-0.1, -0.05) is 20.8 Å². The van der Waals surface area contributed by atoms with Crippen LogP contribution < -0.4 is 21.1 Å². The van der Waals surface area contributed by atoms with Crippen LogP contribution in [0.4, 0.5) is 11.9 Å². The lowest BCUT2D eigenvalue weighted by atomic mass is 10.2. The zero-order chi connectivity index (χ0) is 15.7. The third-order valence-corrected chi connectivity index (χ3v) is 2.41. The molecule has 118 valence electrons. The van der Waals surface area contributed by atoms with Crippen LogP contribution in [-0.4, -0.2) is 40.6 Å². The number of hydrogen-bond acceptors (Lipinski definition) is 7. The van der Waals surface area contributed by atoms with Crippen molar-refractivity contribution < 1.29 is 9.53 Å². The summed E-state index contributed by atoms with van der Waals surface area (Å²) >= 11 is 0. The summed E-state index contributed by atoms with van der Waals surface area (Å²) in [6, 6.07) is 0.191.